The third kappa shape index (κ3) is 5.39. The van der Waals surface area contributed by atoms with Gasteiger partial charge >= 0.3 is 0 Å². The SMILES string of the molecule is CC(O)CCCNC(C)c1ccc(S(=O)(=O)N(C)C)cc1. The van der Waals surface area contributed by atoms with Crippen molar-refractivity contribution in [3.05, 3.63) is 29.8 Å². The highest BCUT2D eigenvalue weighted by Gasteiger charge is 2.17. The second-order valence-corrected chi connectivity index (χ2v) is 7.68. The zero-order valence-corrected chi connectivity index (χ0v) is 14.0. The van der Waals surface area contributed by atoms with Crippen LogP contribution in [0.3, 0.4) is 0 Å². The van der Waals surface area contributed by atoms with E-state index in [0.29, 0.717) is 4.90 Å². The maximum absolute atomic E-state index is 12.0. The number of aliphatic hydroxyl groups is 1. The van der Waals surface area contributed by atoms with Crippen LogP contribution in [-0.4, -0.2) is 44.6 Å². The molecule has 0 aliphatic carbocycles. The first-order valence-corrected chi connectivity index (χ1v) is 8.63. The van der Waals surface area contributed by atoms with Crippen molar-refractivity contribution in [2.24, 2.45) is 0 Å². The highest BCUT2D eigenvalue weighted by Crippen LogP contribution is 2.18. The summed E-state index contributed by atoms with van der Waals surface area (Å²) < 4.78 is 25.2. The Hall–Kier alpha value is -0.950. The fraction of sp³-hybridized carbons (Fsp3) is 0.600. The molecule has 5 nitrogen and oxygen atoms in total. The van der Waals surface area contributed by atoms with Crippen molar-refractivity contribution in [2.75, 3.05) is 20.6 Å². The normalized spacial score (nSPS) is 15.1. The van der Waals surface area contributed by atoms with Crippen molar-refractivity contribution in [1.29, 1.82) is 0 Å². The molecule has 1 aromatic carbocycles. The third-order valence-electron chi connectivity index (χ3n) is 3.41. The van der Waals surface area contributed by atoms with Gasteiger partial charge in [-0.1, -0.05) is 12.1 Å². The zero-order valence-electron chi connectivity index (χ0n) is 13.2. The number of hydrogen-bond donors (Lipinski definition) is 2. The van der Waals surface area contributed by atoms with Crippen LogP contribution in [0.15, 0.2) is 29.2 Å². The van der Waals surface area contributed by atoms with E-state index in [1.165, 1.54) is 18.4 Å². The Morgan fingerprint density at radius 3 is 2.24 bits per heavy atom. The Morgan fingerprint density at radius 1 is 1.19 bits per heavy atom. The standard InChI is InChI=1S/C15H26N2O3S/c1-12(18)6-5-11-16-13(2)14-7-9-15(10-8-14)21(19,20)17(3)4/h7-10,12-13,16,18H,5-6,11H2,1-4H3. The van der Waals surface area contributed by atoms with Gasteiger partial charge in [-0.15, -0.1) is 0 Å². The zero-order chi connectivity index (χ0) is 16.0. The maximum Gasteiger partial charge on any atom is 0.242 e. The van der Waals surface area contributed by atoms with E-state index in [4.69, 9.17) is 0 Å². The summed E-state index contributed by atoms with van der Waals surface area (Å²) in [6.45, 7) is 4.65. The number of aliphatic hydroxyl groups excluding tert-OH is 1. The van der Waals surface area contributed by atoms with E-state index in [9.17, 15) is 13.5 Å². The Labute approximate surface area is 128 Å². The van der Waals surface area contributed by atoms with Crippen molar-refractivity contribution in [2.45, 2.75) is 43.7 Å². The van der Waals surface area contributed by atoms with E-state index in [1.807, 2.05) is 19.1 Å². The molecule has 2 atom stereocenters. The van der Waals surface area contributed by atoms with E-state index >= 15 is 0 Å². The smallest absolute Gasteiger partial charge is 0.242 e. The van der Waals surface area contributed by atoms with E-state index in [2.05, 4.69) is 5.32 Å². The van der Waals surface area contributed by atoms with Gasteiger partial charge in [0.15, 0.2) is 0 Å². The third-order valence-corrected chi connectivity index (χ3v) is 5.24. The predicted octanol–water partition coefficient (Wildman–Crippen LogP) is 1.75. The lowest BCUT2D eigenvalue weighted by atomic mass is 10.1. The van der Waals surface area contributed by atoms with Gasteiger partial charge in [-0.3, -0.25) is 0 Å². The lowest BCUT2D eigenvalue weighted by molar-refractivity contribution is 0.181. The fourth-order valence-electron chi connectivity index (χ4n) is 1.97. The van der Waals surface area contributed by atoms with Gasteiger partial charge in [0.1, 0.15) is 0 Å². The van der Waals surface area contributed by atoms with Crippen LogP contribution in [0.2, 0.25) is 0 Å². The number of benzene rings is 1. The molecule has 0 amide bonds. The first kappa shape index (κ1) is 18.1. The molecule has 1 rings (SSSR count). The molecule has 0 fully saturated rings. The van der Waals surface area contributed by atoms with Crippen molar-refractivity contribution < 1.29 is 13.5 Å². The van der Waals surface area contributed by atoms with Crippen LogP contribution in [0.25, 0.3) is 0 Å². The molecular formula is C15H26N2O3S. The van der Waals surface area contributed by atoms with Gasteiger partial charge in [0.25, 0.3) is 0 Å². The molecule has 21 heavy (non-hydrogen) atoms. The molecule has 1 aromatic rings. The summed E-state index contributed by atoms with van der Waals surface area (Å²) in [5, 5.41) is 12.6. The average Bonchev–Trinajstić information content (AvgIpc) is 2.43. The molecular weight excluding hydrogens is 288 g/mol. The Morgan fingerprint density at radius 2 is 1.76 bits per heavy atom. The summed E-state index contributed by atoms with van der Waals surface area (Å²) in [5.74, 6) is 0. The molecule has 0 bridgehead atoms. The highest BCUT2D eigenvalue weighted by molar-refractivity contribution is 7.89. The second kappa shape index (κ2) is 7.89. The van der Waals surface area contributed by atoms with E-state index in [0.717, 1.165) is 24.9 Å². The number of hydrogen-bond acceptors (Lipinski definition) is 4. The maximum atomic E-state index is 12.0. The van der Waals surface area contributed by atoms with Crippen LogP contribution in [0.4, 0.5) is 0 Å². The molecule has 0 radical (unpaired) electrons. The number of sulfonamides is 1. The van der Waals surface area contributed by atoms with Crippen LogP contribution in [0.1, 0.15) is 38.3 Å². The van der Waals surface area contributed by atoms with Crippen LogP contribution < -0.4 is 5.32 Å². The summed E-state index contributed by atoms with van der Waals surface area (Å²) in [6.07, 6.45) is 1.42. The minimum absolute atomic E-state index is 0.148. The number of nitrogens with one attached hydrogen (secondary N) is 1. The molecule has 0 aliphatic heterocycles. The second-order valence-electron chi connectivity index (χ2n) is 5.52. The molecule has 0 aliphatic rings. The van der Waals surface area contributed by atoms with Crippen LogP contribution in [0, 0.1) is 0 Å². The topological polar surface area (TPSA) is 69.6 Å². The van der Waals surface area contributed by atoms with Gasteiger partial charge in [0.2, 0.25) is 10.0 Å². The van der Waals surface area contributed by atoms with Crippen LogP contribution >= 0.6 is 0 Å². The first-order valence-electron chi connectivity index (χ1n) is 7.19. The largest absolute Gasteiger partial charge is 0.393 e. The van der Waals surface area contributed by atoms with Gasteiger partial charge in [-0.25, -0.2) is 12.7 Å². The molecule has 0 heterocycles. The van der Waals surface area contributed by atoms with Crippen molar-refractivity contribution in [3.63, 3.8) is 0 Å². The summed E-state index contributed by atoms with van der Waals surface area (Å²) in [7, 11) is -0.318. The summed E-state index contributed by atoms with van der Waals surface area (Å²) in [4.78, 5) is 0.303. The average molecular weight is 314 g/mol. The highest BCUT2D eigenvalue weighted by atomic mass is 32.2. The summed E-state index contributed by atoms with van der Waals surface area (Å²) >= 11 is 0. The van der Waals surface area contributed by atoms with Gasteiger partial charge in [0, 0.05) is 20.1 Å². The van der Waals surface area contributed by atoms with Gasteiger partial charge in [-0.2, -0.15) is 0 Å². The monoisotopic (exact) mass is 314 g/mol. The minimum Gasteiger partial charge on any atom is -0.393 e. The molecule has 6 heteroatoms. The fourth-order valence-corrected chi connectivity index (χ4v) is 2.87. The number of nitrogens with zero attached hydrogens (tertiary/aromatic N) is 1. The van der Waals surface area contributed by atoms with Crippen molar-refractivity contribution in [1.82, 2.24) is 9.62 Å². The molecule has 2 unspecified atom stereocenters. The van der Waals surface area contributed by atoms with Crippen molar-refractivity contribution in [3.8, 4) is 0 Å². The quantitative estimate of drug-likeness (QED) is 0.717. The number of rotatable bonds is 8. The van der Waals surface area contributed by atoms with Gasteiger partial charge in [-0.05, 0) is 50.9 Å². The summed E-state index contributed by atoms with van der Waals surface area (Å²) in [5.41, 5.74) is 1.05. The molecule has 0 saturated heterocycles. The first-order chi connectivity index (χ1) is 9.75. The lowest BCUT2D eigenvalue weighted by Crippen LogP contribution is -2.23. The van der Waals surface area contributed by atoms with Crippen LogP contribution in [0.5, 0.6) is 0 Å². The van der Waals surface area contributed by atoms with E-state index in [1.54, 1.807) is 19.1 Å². The Kier molecular flexibility index (Phi) is 6.80. The Balaban J connectivity index is 2.62. The molecule has 120 valence electrons. The molecule has 0 spiro atoms. The van der Waals surface area contributed by atoms with Gasteiger partial charge < -0.3 is 10.4 Å². The molecule has 0 aromatic heterocycles. The Bertz CT molecular complexity index is 524. The van der Waals surface area contributed by atoms with Crippen molar-refractivity contribution >= 4 is 10.0 Å². The van der Waals surface area contributed by atoms with Crippen LogP contribution in [-0.2, 0) is 10.0 Å². The molecule has 0 saturated carbocycles. The lowest BCUT2D eigenvalue weighted by Gasteiger charge is -2.16. The molecule has 2 N–H and O–H groups in total. The predicted molar refractivity (Wildman–Crippen MR) is 84.6 cm³/mol. The van der Waals surface area contributed by atoms with E-state index < -0.39 is 10.0 Å². The van der Waals surface area contributed by atoms with E-state index in [-0.39, 0.29) is 12.1 Å². The van der Waals surface area contributed by atoms with Gasteiger partial charge in [0.05, 0.1) is 11.0 Å². The summed E-state index contributed by atoms with van der Waals surface area (Å²) in [6, 6.07) is 7.10. The minimum atomic E-state index is -3.36.